The van der Waals surface area contributed by atoms with Crippen LogP contribution in [0.25, 0.3) is 0 Å². The molecule has 0 radical (unpaired) electrons. The summed E-state index contributed by atoms with van der Waals surface area (Å²) in [5.74, 6) is -0.324. The Morgan fingerprint density at radius 1 is 1.33 bits per heavy atom. The Hall–Kier alpha value is -0.310. The molecule has 0 unspecified atom stereocenters. The van der Waals surface area contributed by atoms with Gasteiger partial charge in [0, 0.05) is 11.4 Å². The minimum Gasteiger partial charge on any atom is -0.463 e. The summed E-state index contributed by atoms with van der Waals surface area (Å²) in [7, 11) is 0. The van der Waals surface area contributed by atoms with Gasteiger partial charge in [0.1, 0.15) is 0 Å². The van der Waals surface area contributed by atoms with E-state index in [1.807, 2.05) is 0 Å². The molecule has 0 bridgehead atoms. The number of rotatable bonds is 7. The van der Waals surface area contributed by atoms with Gasteiger partial charge in [-0.25, -0.2) is 4.79 Å². The van der Waals surface area contributed by atoms with Crippen LogP contribution in [0.1, 0.15) is 25.7 Å². The quantitative estimate of drug-likeness (QED) is 0.293. The Bertz CT molecular complexity index is 134. The average Bonchev–Trinajstić information content (AvgIpc) is 2.10. The van der Waals surface area contributed by atoms with Crippen molar-refractivity contribution in [3.05, 3.63) is 12.7 Å². The second-order valence-electron chi connectivity index (χ2n) is 2.47. The van der Waals surface area contributed by atoms with Gasteiger partial charge < -0.3 is 4.74 Å². The normalized spacial score (nSPS) is 9.42. The maximum Gasteiger partial charge on any atom is 0.330 e. The standard InChI is InChI=1S/C9H15BrO2/c1-2-9(11)12-8-6-4-3-5-7-10/h2H,1,3-8H2. The van der Waals surface area contributed by atoms with E-state index in [1.165, 1.54) is 18.9 Å². The second kappa shape index (κ2) is 8.78. The minimum absolute atomic E-state index is 0.324. The molecule has 0 N–H and O–H groups in total. The minimum atomic E-state index is -0.324. The smallest absolute Gasteiger partial charge is 0.330 e. The van der Waals surface area contributed by atoms with Crippen LogP contribution in [-0.2, 0) is 9.53 Å². The number of esters is 1. The fraction of sp³-hybridized carbons (Fsp3) is 0.667. The van der Waals surface area contributed by atoms with E-state index >= 15 is 0 Å². The monoisotopic (exact) mass is 234 g/mol. The van der Waals surface area contributed by atoms with Crippen molar-refractivity contribution in [1.29, 1.82) is 0 Å². The average molecular weight is 235 g/mol. The first-order chi connectivity index (χ1) is 5.81. The summed E-state index contributed by atoms with van der Waals surface area (Å²) in [5, 5.41) is 1.06. The number of hydrogen-bond acceptors (Lipinski definition) is 2. The third-order valence-electron chi connectivity index (χ3n) is 1.44. The fourth-order valence-electron chi connectivity index (χ4n) is 0.782. The molecule has 0 heterocycles. The van der Waals surface area contributed by atoms with Crippen molar-refractivity contribution in [2.45, 2.75) is 25.7 Å². The third kappa shape index (κ3) is 7.79. The zero-order chi connectivity index (χ0) is 9.23. The molecule has 12 heavy (non-hydrogen) atoms. The summed E-state index contributed by atoms with van der Waals surface area (Å²) in [6, 6.07) is 0. The van der Waals surface area contributed by atoms with Gasteiger partial charge in [0.05, 0.1) is 6.61 Å². The third-order valence-corrected chi connectivity index (χ3v) is 2.00. The van der Waals surface area contributed by atoms with E-state index in [1.54, 1.807) is 0 Å². The highest BCUT2D eigenvalue weighted by molar-refractivity contribution is 9.09. The molecule has 0 fully saturated rings. The van der Waals surface area contributed by atoms with E-state index in [-0.39, 0.29) is 5.97 Å². The predicted molar refractivity (Wildman–Crippen MR) is 53.4 cm³/mol. The summed E-state index contributed by atoms with van der Waals surface area (Å²) in [4.78, 5) is 10.6. The van der Waals surface area contributed by atoms with Gasteiger partial charge in [0.15, 0.2) is 0 Å². The lowest BCUT2D eigenvalue weighted by Crippen LogP contribution is -2.01. The molecule has 0 aromatic heterocycles. The Morgan fingerprint density at radius 2 is 2.00 bits per heavy atom. The van der Waals surface area contributed by atoms with Crippen molar-refractivity contribution < 1.29 is 9.53 Å². The summed E-state index contributed by atoms with van der Waals surface area (Å²) in [5.41, 5.74) is 0. The first-order valence-electron chi connectivity index (χ1n) is 4.16. The maximum atomic E-state index is 10.6. The van der Waals surface area contributed by atoms with Gasteiger partial charge in [-0.3, -0.25) is 0 Å². The predicted octanol–water partition coefficient (Wildman–Crippen LogP) is 2.67. The topological polar surface area (TPSA) is 26.3 Å². The zero-order valence-electron chi connectivity index (χ0n) is 7.22. The number of unbranched alkanes of at least 4 members (excludes halogenated alkanes) is 3. The molecular formula is C9H15BrO2. The van der Waals surface area contributed by atoms with E-state index in [4.69, 9.17) is 4.74 Å². The first kappa shape index (κ1) is 11.7. The molecule has 70 valence electrons. The number of hydrogen-bond donors (Lipinski definition) is 0. The van der Waals surface area contributed by atoms with Gasteiger partial charge >= 0.3 is 5.97 Å². The number of carbonyl (C=O) groups is 1. The van der Waals surface area contributed by atoms with E-state index in [0.29, 0.717) is 6.61 Å². The summed E-state index contributed by atoms with van der Waals surface area (Å²) in [6.07, 6.45) is 5.65. The highest BCUT2D eigenvalue weighted by Crippen LogP contribution is 2.01. The number of ether oxygens (including phenoxy) is 1. The molecule has 0 aromatic carbocycles. The van der Waals surface area contributed by atoms with Crippen molar-refractivity contribution in [2.75, 3.05) is 11.9 Å². The Balaban J connectivity index is 3.00. The van der Waals surface area contributed by atoms with E-state index in [0.717, 1.165) is 18.2 Å². The molecule has 0 aromatic rings. The molecule has 0 aliphatic carbocycles. The molecule has 0 saturated heterocycles. The fourth-order valence-corrected chi connectivity index (χ4v) is 1.18. The SMILES string of the molecule is C=CC(=O)OCCCCCCBr. The van der Waals surface area contributed by atoms with Crippen LogP contribution < -0.4 is 0 Å². The van der Waals surface area contributed by atoms with Crippen molar-refractivity contribution >= 4 is 21.9 Å². The summed E-state index contributed by atoms with van der Waals surface area (Å²) >= 11 is 3.35. The van der Waals surface area contributed by atoms with Crippen LogP contribution in [0.5, 0.6) is 0 Å². The van der Waals surface area contributed by atoms with Gasteiger partial charge in [-0.2, -0.15) is 0 Å². The van der Waals surface area contributed by atoms with Gasteiger partial charge in [-0.15, -0.1) is 0 Å². The molecule has 0 aliphatic rings. The van der Waals surface area contributed by atoms with Gasteiger partial charge in [-0.1, -0.05) is 35.4 Å². The lowest BCUT2D eigenvalue weighted by Gasteiger charge is -2.00. The Labute approximate surface area is 82.1 Å². The second-order valence-corrected chi connectivity index (χ2v) is 3.27. The van der Waals surface area contributed by atoms with Gasteiger partial charge in [-0.05, 0) is 12.8 Å². The van der Waals surface area contributed by atoms with Gasteiger partial charge in [0.2, 0.25) is 0 Å². The van der Waals surface area contributed by atoms with Crippen LogP contribution in [0.2, 0.25) is 0 Å². The highest BCUT2D eigenvalue weighted by Gasteiger charge is 1.94. The lowest BCUT2D eigenvalue weighted by atomic mass is 10.2. The molecule has 0 amide bonds. The van der Waals surface area contributed by atoms with Crippen LogP contribution in [0.3, 0.4) is 0 Å². The van der Waals surface area contributed by atoms with Crippen LogP contribution >= 0.6 is 15.9 Å². The van der Waals surface area contributed by atoms with E-state index in [9.17, 15) is 4.79 Å². The first-order valence-corrected chi connectivity index (χ1v) is 5.28. The summed E-state index contributed by atoms with van der Waals surface area (Å²) < 4.78 is 4.80. The molecule has 3 heteroatoms. The molecule has 2 nitrogen and oxygen atoms in total. The van der Waals surface area contributed by atoms with Crippen LogP contribution in [0.4, 0.5) is 0 Å². The molecule has 0 aliphatic heterocycles. The molecular weight excluding hydrogens is 220 g/mol. The van der Waals surface area contributed by atoms with E-state index in [2.05, 4.69) is 22.5 Å². The Morgan fingerprint density at radius 3 is 2.58 bits per heavy atom. The van der Waals surface area contributed by atoms with E-state index < -0.39 is 0 Å². The maximum absolute atomic E-state index is 10.6. The molecule has 0 rings (SSSR count). The van der Waals surface area contributed by atoms with Crippen LogP contribution in [-0.4, -0.2) is 17.9 Å². The Kier molecular flexibility index (Phi) is 8.56. The van der Waals surface area contributed by atoms with Crippen molar-refractivity contribution in [1.82, 2.24) is 0 Å². The number of halogens is 1. The molecule has 0 saturated carbocycles. The zero-order valence-corrected chi connectivity index (χ0v) is 8.81. The lowest BCUT2D eigenvalue weighted by molar-refractivity contribution is -0.137. The highest BCUT2D eigenvalue weighted by atomic mass is 79.9. The van der Waals surface area contributed by atoms with Crippen molar-refractivity contribution in [3.63, 3.8) is 0 Å². The number of carbonyl (C=O) groups excluding carboxylic acids is 1. The molecule has 0 spiro atoms. The largest absolute Gasteiger partial charge is 0.463 e. The van der Waals surface area contributed by atoms with Crippen LogP contribution in [0.15, 0.2) is 12.7 Å². The summed E-state index contributed by atoms with van der Waals surface area (Å²) in [6.45, 7) is 3.83. The van der Waals surface area contributed by atoms with Gasteiger partial charge in [0.25, 0.3) is 0 Å². The van der Waals surface area contributed by atoms with Crippen molar-refractivity contribution in [2.24, 2.45) is 0 Å². The van der Waals surface area contributed by atoms with Crippen LogP contribution in [0, 0.1) is 0 Å². The molecule has 0 atom stereocenters. The number of alkyl halides is 1. The van der Waals surface area contributed by atoms with Crippen molar-refractivity contribution in [3.8, 4) is 0 Å².